The molecule has 0 saturated heterocycles. The van der Waals surface area contributed by atoms with Crippen molar-refractivity contribution in [1.29, 1.82) is 0 Å². The number of aliphatic hydroxyl groups excluding tert-OH is 1. The Labute approximate surface area is 132 Å². The highest BCUT2D eigenvalue weighted by Crippen LogP contribution is 2.35. The van der Waals surface area contributed by atoms with E-state index in [4.69, 9.17) is 4.74 Å². The van der Waals surface area contributed by atoms with E-state index in [9.17, 15) is 5.11 Å². The molecule has 106 valence electrons. The molecular formula is C18H15BrO2. The number of ether oxygens (including phenoxy) is 1. The van der Waals surface area contributed by atoms with Gasteiger partial charge in [-0.1, -0.05) is 58.4 Å². The van der Waals surface area contributed by atoms with Gasteiger partial charge in [-0.2, -0.15) is 0 Å². The zero-order chi connectivity index (χ0) is 14.8. The summed E-state index contributed by atoms with van der Waals surface area (Å²) in [6, 6.07) is 19.7. The number of hydrogen-bond donors (Lipinski definition) is 1. The molecule has 0 fully saturated rings. The van der Waals surface area contributed by atoms with Crippen LogP contribution in [0.4, 0.5) is 0 Å². The van der Waals surface area contributed by atoms with Gasteiger partial charge in [0.15, 0.2) is 0 Å². The van der Waals surface area contributed by atoms with Gasteiger partial charge in [-0.05, 0) is 30.5 Å². The third-order valence-corrected chi connectivity index (χ3v) is 3.89. The topological polar surface area (TPSA) is 29.5 Å². The molecule has 3 aromatic rings. The zero-order valence-electron chi connectivity index (χ0n) is 11.6. The first kappa shape index (κ1) is 14.1. The zero-order valence-corrected chi connectivity index (χ0v) is 13.2. The fourth-order valence-corrected chi connectivity index (χ4v) is 2.68. The molecular weight excluding hydrogens is 328 g/mol. The molecule has 3 aromatic carbocycles. The maximum atomic E-state index is 9.89. The van der Waals surface area contributed by atoms with E-state index in [1.807, 2.05) is 48.5 Å². The molecule has 0 amide bonds. The molecule has 21 heavy (non-hydrogen) atoms. The molecule has 0 aliphatic carbocycles. The molecule has 1 N–H and O–H groups in total. The van der Waals surface area contributed by atoms with Crippen LogP contribution in [0.25, 0.3) is 10.8 Å². The fourth-order valence-electron chi connectivity index (χ4n) is 2.34. The highest BCUT2D eigenvalue weighted by atomic mass is 79.9. The summed E-state index contributed by atoms with van der Waals surface area (Å²) in [7, 11) is 0. The van der Waals surface area contributed by atoms with Crippen LogP contribution in [-0.4, -0.2) is 5.11 Å². The van der Waals surface area contributed by atoms with E-state index in [-0.39, 0.29) is 0 Å². The maximum Gasteiger partial charge on any atom is 0.135 e. The van der Waals surface area contributed by atoms with Crippen molar-refractivity contribution in [3.8, 4) is 11.5 Å². The number of aliphatic hydroxyl groups is 1. The second kappa shape index (κ2) is 5.88. The van der Waals surface area contributed by atoms with Gasteiger partial charge in [0.25, 0.3) is 0 Å². The first-order valence-electron chi connectivity index (χ1n) is 6.78. The summed E-state index contributed by atoms with van der Waals surface area (Å²) in [5.41, 5.74) is 0.770. The summed E-state index contributed by atoms with van der Waals surface area (Å²) in [6.07, 6.45) is -0.580. The van der Waals surface area contributed by atoms with Crippen molar-refractivity contribution in [2.24, 2.45) is 0 Å². The third kappa shape index (κ3) is 2.94. The number of halogens is 1. The Morgan fingerprint density at radius 1 is 0.952 bits per heavy atom. The molecule has 0 radical (unpaired) electrons. The summed E-state index contributed by atoms with van der Waals surface area (Å²) < 4.78 is 6.99. The highest BCUT2D eigenvalue weighted by Gasteiger charge is 2.12. The van der Waals surface area contributed by atoms with Gasteiger partial charge >= 0.3 is 0 Å². The predicted molar refractivity (Wildman–Crippen MR) is 88.8 cm³/mol. The van der Waals surface area contributed by atoms with Crippen LogP contribution in [0, 0.1) is 0 Å². The largest absolute Gasteiger partial charge is 0.456 e. The van der Waals surface area contributed by atoms with E-state index in [2.05, 4.69) is 28.1 Å². The monoisotopic (exact) mass is 342 g/mol. The Kier molecular flexibility index (Phi) is 3.95. The van der Waals surface area contributed by atoms with E-state index in [1.165, 1.54) is 0 Å². The standard InChI is InChI=1S/C18H15BrO2/c1-12(20)15-10-9-14(19)11-18(15)21-17-8-4-6-13-5-2-3-7-16(13)17/h2-12,20H,1H3. The average Bonchev–Trinajstić information content (AvgIpc) is 2.47. The Bertz CT molecular complexity index is 776. The molecule has 1 unspecified atom stereocenters. The van der Waals surface area contributed by atoms with Gasteiger partial charge in [0.05, 0.1) is 6.10 Å². The van der Waals surface area contributed by atoms with Crippen LogP contribution in [-0.2, 0) is 0 Å². The SMILES string of the molecule is CC(O)c1ccc(Br)cc1Oc1cccc2ccccc12. The molecule has 1 atom stereocenters. The van der Waals surface area contributed by atoms with Crippen molar-refractivity contribution in [3.05, 3.63) is 70.7 Å². The number of rotatable bonds is 3. The number of fused-ring (bicyclic) bond motifs is 1. The van der Waals surface area contributed by atoms with E-state index in [0.717, 1.165) is 26.6 Å². The molecule has 0 aliphatic rings. The molecule has 2 nitrogen and oxygen atoms in total. The Hall–Kier alpha value is -1.84. The summed E-state index contributed by atoms with van der Waals surface area (Å²) >= 11 is 3.45. The van der Waals surface area contributed by atoms with Crippen molar-refractivity contribution in [2.45, 2.75) is 13.0 Å². The third-order valence-electron chi connectivity index (χ3n) is 3.40. The lowest BCUT2D eigenvalue weighted by molar-refractivity contribution is 0.195. The van der Waals surface area contributed by atoms with Gasteiger partial charge in [0, 0.05) is 15.4 Å². The number of hydrogen-bond acceptors (Lipinski definition) is 2. The fraction of sp³-hybridized carbons (Fsp3) is 0.111. The lowest BCUT2D eigenvalue weighted by Crippen LogP contribution is -1.96. The minimum Gasteiger partial charge on any atom is -0.456 e. The lowest BCUT2D eigenvalue weighted by atomic mass is 10.1. The van der Waals surface area contributed by atoms with Crippen LogP contribution in [0.2, 0.25) is 0 Å². The Balaban J connectivity index is 2.09. The van der Waals surface area contributed by atoms with Crippen LogP contribution >= 0.6 is 15.9 Å². The van der Waals surface area contributed by atoms with Crippen molar-refractivity contribution in [2.75, 3.05) is 0 Å². The first-order chi connectivity index (χ1) is 10.1. The van der Waals surface area contributed by atoms with Crippen LogP contribution in [0.1, 0.15) is 18.6 Å². The predicted octanol–water partition coefficient (Wildman–Crippen LogP) is 5.45. The van der Waals surface area contributed by atoms with Gasteiger partial charge in [-0.3, -0.25) is 0 Å². The second-order valence-corrected chi connectivity index (χ2v) is 5.85. The molecule has 0 spiro atoms. The molecule has 0 aliphatic heterocycles. The average molecular weight is 343 g/mol. The maximum absolute atomic E-state index is 9.89. The lowest BCUT2D eigenvalue weighted by Gasteiger charge is -2.15. The summed E-state index contributed by atoms with van der Waals surface area (Å²) in [5, 5.41) is 12.1. The summed E-state index contributed by atoms with van der Waals surface area (Å²) in [6.45, 7) is 1.74. The Morgan fingerprint density at radius 2 is 1.71 bits per heavy atom. The van der Waals surface area contributed by atoms with Crippen molar-refractivity contribution in [1.82, 2.24) is 0 Å². The summed E-state index contributed by atoms with van der Waals surface area (Å²) in [4.78, 5) is 0. The summed E-state index contributed by atoms with van der Waals surface area (Å²) in [5.74, 6) is 1.45. The van der Waals surface area contributed by atoms with Crippen LogP contribution in [0.15, 0.2) is 65.1 Å². The smallest absolute Gasteiger partial charge is 0.135 e. The minimum absolute atomic E-state index is 0.580. The van der Waals surface area contributed by atoms with Gasteiger partial charge in [0.1, 0.15) is 11.5 Å². The quantitative estimate of drug-likeness (QED) is 0.685. The van der Waals surface area contributed by atoms with Gasteiger partial charge in [0.2, 0.25) is 0 Å². The highest BCUT2D eigenvalue weighted by molar-refractivity contribution is 9.10. The van der Waals surface area contributed by atoms with Crippen LogP contribution < -0.4 is 4.74 Å². The van der Waals surface area contributed by atoms with Gasteiger partial charge < -0.3 is 9.84 Å². The normalized spacial score (nSPS) is 12.3. The minimum atomic E-state index is -0.580. The Morgan fingerprint density at radius 3 is 2.52 bits per heavy atom. The van der Waals surface area contributed by atoms with E-state index >= 15 is 0 Å². The molecule has 0 aromatic heterocycles. The number of benzene rings is 3. The molecule has 0 saturated carbocycles. The van der Waals surface area contributed by atoms with Crippen molar-refractivity contribution < 1.29 is 9.84 Å². The second-order valence-electron chi connectivity index (χ2n) is 4.94. The van der Waals surface area contributed by atoms with Crippen molar-refractivity contribution >= 4 is 26.7 Å². The van der Waals surface area contributed by atoms with E-state index in [0.29, 0.717) is 5.75 Å². The van der Waals surface area contributed by atoms with Gasteiger partial charge in [-0.15, -0.1) is 0 Å². The van der Waals surface area contributed by atoms with E-state index in [1.54, 1.807) is 6.92 Å². The van der Waals surface area contributed by atoms with E-state index < -0.39 is 6.10 Å². The molecule has 0 bridgehead atoms. The van der Waals surface area contributed by atoms with Gasteiger partial charge in [-0.25, -0.2) is 0 Å². The molecule has 0 heterocycles. The van der Waals surface area contributed by atoms with Crippen LogP contribution in [0.3, 0.4) is 0 Å². The molecule has 3 heteroatoms. The van der Waals surface area contributed by atoms with Crippen LogP contribution in [0.5, 0.6) is 11.5 Å². The van der Waals surface area contributed by atoms with Crippen molar-refractivity contribution in [3.63, 3.8) is 0 Å². The first-order valence-corrected chi connectivity index (χ1v) is 7.57. The molecule has 3 rings (SSSR count).